The summed E-state index contributed by atoms with van der Waals surface area (Å²) in [4.78, 5) is 16.9. The number of amides is 1. The molecule has 4 aromatic rings. The zero-order valence-electron chi connectivity index (χ0n) is 15.3. The molecule has 0 aromatic heterocycles. The van der Waals surface area contributed by atoms with E-state index in [0.717, 1.165) is 10.8 Å². The van der Waals surface area contributed by atoms with E-state index in [0.29, 0.717) is 27.5 Å². The van der Waals surface area contributed by atoms with Crippen LogP contribution in [-0.4, -0.2) is 17.2 Å². The summed E-state index contributed by atoms with van der Waals surface area (Å²) in [5.41, 5.74) is 2.40. The van der Waals surface area contributed by atoms with Crippen molar-refractivity contribution in [2.75, 3.05) is 5.32 Å². The Morgan fingerprint density at radius 3 is 2.62 bits per heavy atom. The van der Waals surface area contributed by atoms with Crippen molar-refractivity contribution in [3.63, 3.8) is 0 Å². The molecule has 0 radical (unpaired) electrons. The molecular weight excluding hydrogens is 384 g/mol. The first kappa shape index (κ1) is 18.7. The number of nitrogens with one attached hydrogen (secondary N) is 1. The van der Waals surface area contributed by atoms with Crippen LogP contribution in [0.1, 0.15) is 15.9 Å². The molecule has 142 valence electrons. The van der Waals surface area contributed by atoms with Gasteiger partial charge in [0.15, 0.2) is 0 Å². The maximum absolute atomic E-state index is 12.4. The second-order valence-corrected chi connectivity index (χ2v) is 6.93. The largest absolute Gasteiger partial charge is 0.507 e. The Labute approximate surface area is 173 Å². The van der Waals surface area contributed by atoms with E-state index in [-0.39, 0.29) is 11.7 Å². The number of benzene rings is 4. The van der Waals surface area contributed by atoms with E-state index < -0.39 is 0 Å². The Balaban J connectivity index is 1.58. The SMILES string of the molecule is O=C(Nc1cccc(N=Cc2c(O)ccc3ccccc23)c1)c1cccc(Cl)c1. The van der Waals surface area contributed by atoms with Crippen molar-refractivity contribution in [1.82, 2.24) is 0 Å². The first-order valence-electron chi connectivity index (χ1n) is 9.02. The first-order valence-corrected chi connectivity index (χ1v) is 9.40. The smallest absolute Gasteiger partial charge is 0.255 e. The molecule has 0 saturated heterocycles. The molecule has 0 bridgehead atoms. The standard InChI is InChI=1S/C24H17ClN2O2/c25-18-7-3-6-17(13-18)24(29)27-20-9-4-8-19(14-20)26-15-22-21-10-2-1-5-16(21)11-12-23(22)28/h1-15,28H,(H,27,29). The van der Waals surface area contributed by atoms with Crippen LogP contribution in [0.2, 0.25) is 5.02 Å². The lowest BCUT2D eigenvalue weighted by molar-refractivity contribution is 0.102. The number of nitrogens with zero attached hydrogens (tertiary/aromatic N) is 1. The molecule has 0 unspecified atom stereocenters. The average molecular weight is 401 g/mol. The highest BCUT2D eigenvalue weighted by molar-refractivity contribution is 6.31. The van der Waals surface area contributed by atoms with E-state index in [9.17, 15) is 9.90 Å². The van der Waals surface area contributed by atoms with Crippen molar-refractivity contribution in [3.8, 4) is 5.75 Å². The van der Waals surface area contributed by atoms with E-state index in [1.807, 2.05) is 42.5 Å². The molecule has 0 aliphatic carbocycles. The number of phenols is 1. The predicted octanol–water partition coefficient (Wildman–Crippen LogP) is 6.20. The van der Waals surface area contributed by atoms with Gasteiger partial charge in [0, 0.05) is 28.1 Å². The quantitative estimate of drug-likeness (QED) is 0.400. The Kier molecular flexibility index (Phi) is 5.27. The van der Waals surface area contributed by atoms with E-state index in [4.69, 9.17) is 11.6 Å². The van der Waals surface area contributed by atoms with Gasteiger partial charge in [-0.25, -0.2) is 0 Å². The number of hydrogen-bond acceptors (Lipinski definition) is 3. The van der Waals surface area contributed by atoms with Gasteiger partial charge in [0.2, 0.25) is 0 Å². The lowest BCUT2D eigenvalue weighted by Gasteiger charge is -2.07. The lowest BCUT2D eigenvalue weighted by atomic mass is 10.0. The summed E-state index contributed by atoms with van der Waals surface area (Å²) >= 11 is 5.95. The van der Waals surface area contributed by atoms with Crippen molar-refractivity contribution in [1.29, 1.82) is 0 Å². The van der Waals surface area contributed by atoms with Crippen LogP contribution in [-0.2, 0) is 0 Å². The van der Waals surface area contributed by atoms with Crippen molar-refractivity contribution >= 4 is 45.9 Å². The zero-order valence-corrected chi connectivity index (χ0v) is 16.1. The molecule has 4 rings (SSSR count). The fourth-order valence-electron chi connectivity index (χ4n) is 3.06. The number of carbonyl (C=O) groups is 1. The van der Waals surface area contributed by atoms with Gasteiger partial charge in [-0.15, -0.1) is 0 Å². The van der Waals surface area contributed by atoms with E-state index in [1.165, 1.54) is 0 Å². The molecule has 0 heterocycles. The molecule has 29 heavy (non-hydrogen) atoms. The van der Waals surface area contributed by atoms with Crippen LogP contribution in [0.4, 0.5) is 11.4 Å². The summed E-state index contributed by atoms with van der Waals surface area (Å²) in [5.74, 6) is -0.0850. The number of phenolic OH excluding ortho intramolecular Hbond substituents is 1. The van der Waals surface area contributed by atoms with Crippen LogP contribution >= 0.6 is 11.6 Å². The number of carbonyl (C=O) groups excluding carboxylic acids is 1. The Morgan fingerprint density at radius 1 is 0.931 bits per heavy atom. The van der Waals surface area contributed by atoms with Crippen LogP contribution in [0, 0.1) is 0 Å². The normalized spacial score (nSPS) is 11.1. The summed E-state index contributed by atoms with van der Waals surface area (Å²) in [6.45, 7) is 0. The number of aliphatic imine (C=N–C) groups is 1. The fraction of sp³-hybridized carbons (Fsp3) is 0. The highest BCUT2D eigenvalue weighted by Gasteiger charge is 2.07. The molecule has 0 fully saturated rings. The van der Waals surface area contributed by atoms with Gasteiger partial charge in [-0.3, -0.25) is 9.79 Å². The van der Waals surface area contributed by atoms with Crippen LogP contribution in [0.25, 0.3) is 10.8 Å². The second kappa shape index (κ2) is 8.17. The number of rotatable bonds is 4. The molecular formula is C24H17ClN2O2. The van der Waals surface area contributed by atoms with Crippen LogP contribution < -0.4 is 5.32 Å². The number of halogens is 1. The van der Waals surface area contributed by atoms with Crippen molar-refractivity contribution in [3.05, 3.63) is 101 Å². The third-order valence-corrected chi connectivity index (χ3v) is 4.72. The maximum Gasteiger partial charge on any atom is 0.255 e. The van der Waals surface area contributed by atoms with Crippen molar-refractivity contribution in [2.45, 2.75) is 0 Å². The van der Waals surface area contributed by atoms with Gasteiger partial charge >= 0.3 is 0 Å². The number of aromatic hydroxyl groups is 1. The monoisotopic (exact) mass is 400 g/mol. The van der Waals surface area contributed by atoms with E-state index in [2.05, 4.69) is 10.3 Å². The Morgan fingerprint density at radius 2 is 1.76 bits per heavy atom. The van der Waals surface area contributed by atoms with Gasteiger partial charge in [-0.05, 0) is 53.2 Å². The van der Waals surface area contributed by atoms with Gasteiger partial charge in [-0.2, -0.15) is 0 Å². The highest BCUT2D eigenvalue weighted by Crippen LogP contribution is 2.27. The van der Waals surface area contributed by atoms with E-state index >= 15 is 0 Å². The molecule has 0 atom stereocenters. The van der Waals surface area contributed by atoms with Crippen LogP contribution in [0.3, 0.4) is 0 Å². The zero-order chi connectivity index (χ0) is 20.2. The van der Waals surface area contributed by atoms with Gasteiger partial charge in [0.25, 0.3) is 5.91 Å². The molecule has 1 amide bonds. The van der Waals surface area contributed by atoms with Gasteiger partial charge in [0.05, 0.1) is 5.69 Å². The minimum atomic E-state index is -0.250. The van der Waals surface area contributed by atoms with Gasteiger partial charge < -0.3 is 10.4 Å². The minimum Gasteiger partial charge on any atom is -0.507 e. The molecule has 5 heteroatoms. The topological polar surface area (TPSA) is 61.7 Å². The highest BCUT2D eigenvalue weighted by atomic mass is 35.5. The van der Waals surface area contributed by atoms with Crippen LogP contribution in [0.5, 0.6) is 5.75 Å². The second-order valence-electron chi connectivity index (χ2n) is 6.49. The minimum absolute atomic E-state index is 0.165. The Hall–Kier alpha value is -3.63. The summed E-state index contributed by atoms with van der Waals surface area (Å²) < 4.78 is 0. The van der Waals surface area contributed by atoms with Crippen molar-refractivity contribution < 1.29 is 9.90 Å². The third kappa shape index (κ3) is 4.28. The van der Waals surface area contributed by atoms with Gasteiger partial charge in [0.1, 0.15) is 5.75 Å². The maximum atomic E-state index is 12.4. The molecule has 0 saturated carbocycles. The molecule has 2 N–H and O–H groups in total. The number of anilines is 1. The lowest BCUT2D eigenvalue weighted by Crippen LogP contribution is -2.11. The fourth-order valence-corrected chi connectivity index (χ4v) is 3.25. The Bertz CT molecular complexity index is 1230. The summed E-state index contributed by atoms with van der Waals surface area (Å²) in [7, 11) is 0. The first-order chi connectivity index (χ1) is 14.1. The summed E-state index contributed by atoms with van der Waals surface area (Å²) in [6, 6.07) is 25.3. The predicted molar refractivity (Wildman–Crippen MR) is 119 cm³/mol. The van der Waals surface area contributed by atoms with Crippen LogP contribution in [0.15, 0.2) is 89.9 Å². The molecule has 0 spiro atoms. The number of hydrogen-bond donors (Lipinski definition) is 2. The average Bonchev–Trinajstić information content (AvgIpc) is 2.73. The number of fused-ring (bicyclic) bond motifs is 1. The molecule has 0 aliphatic heterocycles. The van der Waals surface area contributed by atoms with E-state index in [1.54, 1.807) is 48.7 Å². The molecule has 0 aliphatic rings. The summed E-state index contributed by atoms with van der Waals surface area (Å²) in [6.07, 6.45) is 1.63. The van der Waals surface area contributed by atoms with Crippen molar-refractivity contribution in [2.24, 2.45) is 4.99 Å². The summed E-state index contributed by atoms with van der Waals surface area (Å²) in [5, 5.41) is 15.5. The van der Waals surface area contributed by atoms with Gasteiger partial charge in [-0.1, -0.05) is 54.1 Å². The molecule has 4 nitrogen and oxygen atoms in total. The molecule has 4 aromatic carbocycles. The third-order valence-electron chi connectivity index (χ3n) is 4.48.